The van der Waals surface area contributed by atoms with Gasteiger partial charge in [0.15, 0.2) is 23.5 Å². The van der Waals surface area contributed by atoms with Gasteiger partial charge in [0, 0.05) is 18.6 Å². The number of nitro benzene ring substituents is 1. The molecule has 0 spiro atoms. The number of nitro groups is 1. The Hall–Kier alpha value is -2.55. The van der Waals surface area contributed by atoms with Gasteiger partial charge < -0.3 is 14.2 Å². The minimum atomic E-state index is -0.700. The first kappa shape index (κ1) is 22.7. The molecule has 0 aliphatic carbocycles. The second kappa shape index (κ2) is 10.3. The van der Waals surface area contributed by atoms with Gasteiger partial charge in [-0.3, -0.25) is 19.7 Å². The normalized spacial score (nSPS) is 10.3. The molecule has 0 aliphatic heterocycles. The van der Waals surface area contributed by atoms with Crippen LogP contribution < -0.4 is 14.2 Å². The van der Waals surface area contributed by atoms with E-state index in [1.54, 1.807) is 0 Å². The predicted molar refractivity (Wildman–Crippen MR) is 107 cm³/mol. The predicted octanol–water partition coefficient (Wildman–Crippen LogP) is 5.14. The number of hydrogen-bond acceptors (Lipinski definition) is 7. The maximum Gasteiger partial charge on any atom is 0.311 e. The molecule has 154 valence electrons. The second-order valence-corrected chi connectivity index (χ2v) is 6.78. The number of carbonyl (C=O) groups excluding carboxylic acids is 2. The van der Waals surface area contributed by atoms with E-state index >= 15 is 0 Å². The Morgan fingerprint density at radius 2 is 1.76 bits per heavy atom. The third-order valence-corrected chi connectivity index (χ3v) is 4.64. The van der Waals surface area contributed by atoms with E-state index in [0.29, 0.717) is 6.29 Å². The lowest BCUT2D eigenvalue weighted by molar-refractivity contribution is -0.385. The molecule has 0 saturated carbocycles. The fourth-order valence-corrected chi connectivity index (χ4v) is 2.82. The Bertz CT molecular complexity index is 950. The molecule has 0 saturated heterocycles. The largest absolute Gasteiger partial charge is 0.493 e. The first-order valence-electron chi connectivity index (χ1n) is 8.06. The lowest BCUT2D eigenvalue weighted by Gasteiger charge is -2.11. The second-order valence-electron chi connectivity index (χ2n) is 5.56. The summed E-state index contributed by atoms with van der Waals surface area (Å²) < 4.78 is 15.7. The van der Waals surface area contributed by atoms with E-state index in [-0.39, 0.29) is 57.3 Å². The molecular formula is C18H14Cl3NO7. The number of benzene rings is 2. The van der Waals surface area contributed by atoms with E-state index in [1.165, 1.54) is 25.3 Å². The summed E-state index contributed by atoms with van der Waals surface area (Å²) in [6.07, 6.45) is 0.576. The zero-order valence-corrected chi connectivity index (χ0v) is 17.2. The quantitative estimate of drug-likeness (QED) is 0.0966. The van der Waals surface area contributed by atoms with Crippen LogP contribution in [0, 0.1) is 10.1 Å². The van der Waals surface area contributed by atoms with Gasteiger partial charge in [0.25, 0.3) is 5.69 Å². The Kier molecular flexibility index (Phi) is 8.07. The standard InChI is InChI=1S/C18H14Cl3NO7/c1-27-16-5-10(9-23)14(22(25)26)8-17(16)28-4-2-3-18(24)29-15-7-12(20)11(19)6-13(15)21/h5-9H,2-4H2,1H3. The maximum absolute atomic E-state index is 12.0. The van der Waals surface area contributed by atoms with Gasteiger partial charge in [-0.2, -0.15) is 0 Å². The number of aldehydes is 1. The molecule has 0 aromatic heterocycles. The third kappa shape index (κ3) is 5.96. The highest BCUT2D eigenvalue weighted by atomic mass is 35.5. The van der Waals surface area contributed by atoms with E-state index in [2.05, 4.69) is 0 Å². The minimum absolute atomic E-state index is 0.0204. The molecular weight excluding hydrogens is 449 g/mol. The molecule has 29 heavy (non-hydrogen) atoms. The van der Waals surface area contributed by atoms with E-state index in [1.807, 2.05) is 0 Å². The lowest BCUT2D eigenvalue weighted by Crippen LogP contribution is -2.10. The Morgan fingerprint density at radius 3 is 2.38 bits per heavy atom. The smallest absolute Gasteiger partial charge is 0.311 e. The van der Waals surface area contributed by atoms with Crippen LogP contribution in [0.2, 0.25) is 15.1 Å². The van der Waals surface area contributed by atoms with Gasteiger partial charge in [0.2, 0.25) is 0 Å². The highest BCUT2D eigenvalue weighted by Crippen LogP contribution is 2.35. The van der Waals surface area contributed by atoms with Crippen LogP contribution in [0.1, 0.15) is 23.2 Å². The summed E-state index contributed by atoms with van der Waals surface area (Å²) in [5, 5.41) is 11.6. The first-order valence-corrected chi connectivity index (χ1v) is 9.19. The zero-order chi connectivity index (χ0) is 21.6. The molecule has 0 N–H and O–H groups in total. The van der Waals surface area contributed by atoms with Crippen LogP contribution in [0.4, 0.5) is 5.69 Å². The number of hydrogen-bond donors (Lipinski definition) is 0. The van der Waals surface area contributed by atoms with Gasteiger partial charge in [0.1, 0.15) is 0 Å². The summed E-state index contributed by atoms with van der Waals surface area (Å²) in [7, 11) is 1.33. The lowest BCUT2D eigenvalue weighted by atomic mass is 10.1. The number of esters is 1. The molecule has 0 fully saturated rings. The monoisotopic (exact) mass is 461 g/mol. The molecule has 0 atom stereocenters. The van der Waals surface area contributed by atoms with Crippen molar-refractivity contribution in [2.75, 3.05) is 13.7 Å². The van der Waals surface area contributed by atoms with Crippen LogP contribution >= 0.6 is 34.8 Å². The summed E-state index contributed by atoms with van der Waals surface area (Å²) in [5.74, 6) is -0.273. The van der Waals surface area contributed by atoms with E-state index in [4.69, 9.17) is 49.0 Å². The third-order valence-electron chi connectivity index (χ3n) is 3.62. The van der Waals surface area contributed by atoms with Crippen LogP contribution in [0.3, 0.4) is 0 Å². The van der Waals surface area contributed by atoms with Crippen molar-refractivity contribution in [3.63, 3.8) is 0 Å². The zero-order valence-electron chi connectivity index (χ0n) is 14.9. The number of halogens is 3. The SMILES string of the molecule is COc1cc(C=O)c([N+](=O)[O-])cc1OCCCC(=O)Oc1cc(Cl)c(Cl)cc1Cl. The van der Waals surface area contributed by atoms with Crippen molar-refractivity contribution in [3.8, 4) is 17.2 Å². The van der Waals surface area contributed by atoms with Crippen molar-refractivity contribution >= 4 is 52.7 Å². The fraction of sp³-hybridized carbons (Fsp3) is 0.222. The number of ether oxygens (including phenoxy) is 3. The molecule has 0 amide bonds. The first-order chi connectivity index (χ1) is 13.8. The van der Waals surface area contributed by atoms with Crippen LogP contribution in [0.15, 0.2) is 24.3 Å². The van der Waals surface area contributed by atoms with Crippen molar-refractivity contribution in [1.29, 1.82) is 0 Å². The van der Waals surface area contributed by atoms with Gasteiger partial charge in [0.05, 0.1) is 45.3 Å². The highest BCUT2D eigenvalue weighted by Gasteiger charge is 2.19. The summed E-state index contributed by atoms with van der Waals surface area (Å²) in [4.78, 5) is 33.3. The average molecular weight is 463 g/mol. The number of carbonyl (C=O) groups is 2. The van der Waals surface area contributed by atoms with Crippen molar-refractivity contribution in [1.82, 2.24) is 0 Å². The van der Waals surface area contributed by atoms with Crippen LogP contribution in [0.5, 0.6) is 17.2 Å². The molecule has 11 heteroatoms. The highest BCUT2D eigenvalue weighted by molar-refractivity contribution is 6.43. The number of nitrogens with zero attached hydrogens (tertiary/aromatic N) is 1. The van der Waals surface area contributed by atoms with Crippen LogP contribution in [0.25, 0.3) is 0 Å². The van der Waals surface area contributed by atoms with E-state index in [0.717, 1.165) is 6.07 Å². The summed E-state index contributed by atoms with van der Waals surface area (Å²) in [6.45, 7) is 0.0398. The Balaban J connectivity index is 1.96. The van der Waals surface area contributed by atoms with Crippen LogP contribution in [-0.2, 0) is 4.79 Å². The molecule has 2 rings (SSSR count). The molecule has 0 unspecified atom stereocenters. The van der Waals surface area contributed by atoms with Crippen LogP contribution in [-0.4, -0.2) is 30.9 Å². The molecule has 0 aliphatic rings. The molecule has 0 bridgehead atoms. The van der Waals surface area contributed by atoms with Crippen molar-refractivity contribution in [3.05, 3.63) is 55.0 Å². The molecule has 0 heterocycles. The molecule has 0 radical (unpaired) electrons. The van der Waals surface area contributed by atoms with Gasteiger partial charge in [-0.25, -0.2) is 0 Å². The topological polar surface area (TPSA) is 105 Å². The minimum Gasteiger partial charge on any atom is -0.493 e. The van der Waals surface area contributed by atoms with Gasteiger partial charge >= 0.3 is 5.97 Å². The summed E-state index contributed by atoms with van der Waals surface area (Å²) in [5.41, 5.74) is -0.550. The molecule has 8 nitrogen and oxygen atoms in total. The molecule has 2 aromatic carbocycles. The van der Waals surface area contributed by atoms with Crippen molar-refractivity contribution in [2.45, 2.75) is 12.8 Å². The van der Waals surface area contributed by atoms with E-state index in [9.17, 15) is 19.7 Å². The van der Waals surface area contributed by atoms with Crippen molar-refractivity contribution in [2.24, 2.45) is 0 Å². The maximum atomic E-state index is 12.0. The van der Waals surface area contributed by atoms with Gasteiger partial charge in [-0.15, -0.1) is 0 Å². The van der Waals surface area contributed by atoms with Gasteiger partial charge in [-0.1, -0.05) is 34.8 Å². The summed E-state index contributed by atoms with van der Waals surface area (Å²) in [6, 6.07) is 5.00. The fourth-order valence-electron chi connectivity index (χ4n) is 2.24. The Morgan fingerprint density at radius 1 is 1.07 bits per heavy atom. The average Bonchev–Trinajstić information content (AvgIpc) is 2.68. The van der Waals surface area contributed by atoms with Gasteiger partial charge in [-0.05, 0) is 12.5 Å². The van der Waals surface area contributed by atoms with E-state index < -0.39 is 16.6 Å². The Labute approximate surface area is 180 Å². The number of methoxy groups -OCH3 is 1. The number of rotatable bonds is 9. The summed E-state index contributed by atoms with van der Waals surface area (Å²) >= 11 is 17.6. The molecule has 2 aromatic rings. The van der Waals surface area contributed by atoms with Crippen molar-refractivity contribution < 1.29 is 28.7 Å².